The maximum Gasteiger partial charge on any atom is 0.162 e. The minimum atomic E-state index is -1.77. The summed E-state index contributed by atoms with van der Waals surface area (Å²) in [7, 11) is 0. The van der Waals surface area contributed by atoms with Crippen molar-refractivity contribution in [2.24, 2.45) is 11.8 Å². The number of benzene rings is 3. The van der Waals surface area contributed by atoms with Gasteiger partial charge in [0.15, 0.2) is 5.78 Å². The Bertz CT molecular complexity index is 2320. The molecule has 3 aromatic carbocycles. The van der Waals surface area contributed by atoms with E-state index in [0.717, 1.165) is 80.7 Å². The molecular weight excluding hydrogens is 809 g/mol. The molecule has 1 aliphatic carbocycles. The number of aliphatic hydroxyl groups is 1. The van der Waals surface area contributed by atoms with Crippen molar-refractivity contribution in [3.63, 3.8) is 0 Å². The Morgan fingerprint density at radius 3 is 2.35 bits per heavy atom. The Balaban J connectivity index is 0.000000290. The molecule has 3 heterocycles. The molecule has 267 valence electrons. The summed E-state index contributed by atoms with van der Waals surface area (Å²) in [5.41, 5.74) is 7.37. The number of pyridine rings is 2. The van der Waals surface area contributed by atoms with Crippen LogP contribution in [0.3, 0.4) is 0 Å². The third-order valence-electron chi connectivity index (χ3n) is 10.0. The maximum atomic E-state index is 11.7. The molecule has 51 heavy (non-hydrogen) atoms. The second kappa shape index (κ2) is 15.6. The van der Waals surface area contributed by atoms with Crippen molar-refractivity contribution in [1.29, 1.82) is 0 Å². The van der Waals surface area contributed by atoms with E-state index in [2.05, 4.69) is 45.0 Å². The molecule has 1 radical (unpaired) electrons. The first-order valence-electron chi connectivity index (χ1n) is 19.0. The van der Waals surface area contributed by atoms with Crippen LogP contribution in [0.2, 0.25) is 0 Å². The molecule has 0 saturated carbocycles. The van der Waals surface area contributed by atoms with E-state index in [0.29, 0.717) is 22.6 Å². The zero-order chi connectivity index (χ0) is 37.5. The molecule has 1 aliphatic rings. The van der Waals surface area contributed by atoms with Crippen LogP contribution in [0.25, 0.3) is 55.0 Å². The van der Waals surface area contributed by atoms with Crippen molar-refractivity contribution in [3.8, 4) is 22.4 Å². The topological polar surface area (TPSA) is 76.2 Å². The van der Waals surface area contributed by atoms with Gasteiger partial charge in [-0.05, 0) is 66.0 Å². The first-order valence-corrected chi connectivity index (χ1v) is 18.0. The standard InChI is InChI=1S/C32H25N2O.C13H24O2.Ir/c1-18-11-12-21-15-22(16-25(29(21)34-18)32(2,3)4)30-31-24(13-14-33-30)28-23-10-6-8-19-7-5-9-20(27(19)23)17-26(28)35-31;1-5-10(6-2)12(14)9-13(15)11(7-3)8-4;/h5-14,16H,17H2,1-4H3;9-11,14H,5-8H2,1-4H3;/q-1;;/b;12-9-;/i17D2;;. The number of rotatable bonds is 8. The van der Waals surface area contributed by atoms with Gasteiger partial charge in [0.1, 0.15) is 11.3 Å². The number of nitrogens with zero attached hydrogens (tertiary/aromatic N) is 2. The fourth-order valence-corrected chi connectivity index (χ4v) is 7.08. The van der Waals surface area contributed by atoms with Crippen molar-refractivity contribution in [3.05, 3.63) is 107 Å². The van der Waals surface area contributed by atoms with Gasteiger partial charge in [0.25, 0.3) is 0 Å². The number of hydrogen-bond donors (Lipinski definition) is 1. The van der Waals surface area contributed by atoms with Crippen LogP contribution in [0.4, 0.5) is 0 Å². The van der Waals surface area contributed by atoms with Gasteiger partial charge in [-0.3, -0.25) is 14.8 Å². The average Bonchev–Trinajstić information content (AvgIpc) is 3.52. The van der Waals surface area contributed by atoms with Crippen molar-refractivity contribution < 1.29 is 37.2 Å². The molecule has 0 aliphatic heterocycles. The van der Waals surface area contributed by atoms with Crippen LogP contribution >= 0.6 is 0 Å². The van der Waals surface area contributed by atoms with Gasteiger partial charge >= 0.3 is 0 Å². The van der Waals surface area contributed by atoms with Crippen molar-refractivity contribution >= 4 is 38.4 Å². The third kappa shape index (κ3) is 7.45. The second-order valence-electron chi connectivity index (χ2n) is 14.4. The molecule has 0 amide bonds. The molecule has 0 unspecified atom stereocenters. The van der Waals surface area contributed by atoms with Gasteiger partial charge in [0.2, 0.25) is 0 Å². The van der Waals surface area contributed by atoms with Crippen molar-refractivity contribution in [2.75, 3.05) is 0 Å². The fraction of sp³-hybridized carbons (Fsp3) is 0.356. The zero-order valence-electron chi connectivity index (χ0n) is 32.9. The van der Waals surface area contributed by atoms with E-state index in [4.69, 9.17) is 17.1 Å². The van der Waals surface area contributed by atoms with Gasteiger partial charge in [-0.25, -0.2) is 0 Å². The molecule has 6 aromatic rings. The van der Waals surface area contributed by atoms with Gasteiger partial charge in [0.05, 0.1) is 5.76 Å². The van der Waals surface area contributed by atoms with Crippen LogP contribution in [0.15, 0.2) is 83.1 Å². The molecule has 1 N–H and O–H groups in total. The number of furan rings is 1. The molecule has 0 saturated heterocycles. The minimum Gasteiger partial charge on any atom is -0.512 e. The quantitative estimate of drug-likeness (QED) is 0.0937. The second-order valence-corrected chi connectivity index (χ2v) is 14.4. The summed E-state index contributed by atoms with van der Waals surface area (Å²) in [5.74, 6) is 0.878. The first-order chi connectivity index (χ1) is 24.7. The predicted molar refractivity (Wildman–Crippen MR) is 207 cm³/mol. The summed E-state index contributed by atoms with van der Waals surface area (Å²) in [4.78, 5) is 21.3. The predicted octanol–water partition coefficient (Wildman–Crippen LogP) is 12.0. The molecule has 5 nitrogen and oxygen atoms in total. The molecule has 0 spiro atoms. The Labute approximate surface area is 318 Å². The van der Waals surface area contributed by atoms with E-state index in [-0.39, 0.29) is 48.9 Å². The first kappa shape index (κ1) is 35.3. The fourth-order valence-electron chi connectivity index (χ4n) is 7.08. The summed E-state index contributed by atoms with van der Waals surface area (Å²) in [5, 5.41) is 13.5. The van der Waals surface area contributed by atoms with Gasteiger partial charge < -0.3 is 9.52 Å². The van der Waals surface area contributed by atoms with Crippen LogP contribution in [-0.4, -0.2) is 20.9 Å². The van der Waals surface area contributed by atoms with Crippen LogP contribution < -0.4 is 0 Å². The summed E-state index contributed by atoms with van der Waals surface area (Å²) in [6, 6.07) is 23.6. The SMILES string of the molecule is CCC(CC)C(=O)/C=C(\O)C(CC)CC.[2H]C1([2H])c2oc3c(-c4[c-]c5ccc(C)nc5c(C(C)(C)C)c4)nccc3c2-c2cccc3cccc1c23.[Ir]. The Hall–Kier alpha value is -4.12. The summed E-state index contributed by atoms with van der Waals surface area (Å²) < 4.78 is 24.7. The summed E-state index contributed by atoms with van der Waals surface area (Å²) >= 11 is 0. The zero-order valence-corrected chi connectivity index (χ0v) is 33.3. The Morgan fingerprint density at radius 2 is 1.69 bits per heavy atom. The monoisotopic (exact) mass is 860 g/mol. The maximum absolute atomic E-state index is 11.7. The molecule has 6 heteroatoms. The number of hydrogen-bond acceptors (Lipinski definition) is 5. The van der Waals surface area contributed by atoms with E-state index in [9.17, 15) is 9.90 Å². The number of aromatic nitrogens is 2. The third-order valence-corrected chi connectivity index (χ3v) is 10.0. The van der Waals surface area contributed by atoms with Crippen molar-refractivity contribution in [2.45, 2.75) is 92.9 Å². The number of ketones is 1. The average molecular weight is 860 g/mol. The van der Waals surface area contributed by atoms with Gasteiger partial charge in [0, 0.05) is 81.2 Å². The Kier molecular flexibility index (Phi) is 10.8. The van der Waals surface area contributed by atoms with Crippen LogP contribution in [0.5, 0.6) is 0 Å². The molecule has 3 aromatic heterocycles. The number of allylic oxidation sites excluding steroid dienone is 2. The minimum absolute atomic E-state index is 0. The van der Waals surface area contributed by atoms with E-state index < -0.39 is 6.37 Å². The van der Waals surface area contributed by atoms with E-state index in [1.807, 2.05) is 77.1 Å². The molecule has 0 atom stereocenters. The number of carbonyl (C=O) groups is 1. The normalized spacial score (nSPS) is 14.2. The van der Waals surface area contributed by atoms with Crippen molar-refractivity contribution in [1.82, 2.24) is 9.97 Å². The van der Waals surface area contributed by atoms with E-state index >= 15 is 0 Å². The molecule has 0 fully saturated rings. The molecule has 0 bridgehead atoms. The number of aliphatic hydroxyl groups excluding tert-OH is 1. The molecular formula is C45H49IrN2O3-. The van der Waals surface area contributed by atoms with E-state index in [1.54, 1.807) is 6.20 Å². The van der Waals surface area contributed by atoms with E-state index in [1.165, 1.54) is 6.08 Å². The smallest absolute Gasteiger partial charge is 0.162 e. The number of carbonyl (C=O) groups excluding carboxylic acids is 1. The van der Waals surface area contributed by atoms with Gasteiger partial charge in [-0.15, -0.1) is 18.2 Å². The Morgan fingerprint density at radius 1 is 1.00 bits per heavy atom. The van der Waals surface area contributed by atoms with Crippen LogP contribution in [-0.2, 0) is 36.7 Å². The summed E-state index contributed by atoms with van der Waals surface area (Å²) in [6.45, 7) is 16.6. The van der Waals surface area contributed by atoms with Gasteiger partial charge in [-0.2, -0.15) is 0 Å². The molecule has 7 rings (SSSR count). The van der Waals surface area contributed by atoms with Crippen LogP contribution in [0.1, 0.15) is 99.5 Å². The number of aryl methyl sites for hydroxylation is 1. The van der Waals surface area contributed by atoms with Crippen LogP contribution in [0, 0.1) is 24.8 Å². The van der Waals surface area contributed by atoms with Gasteiger partial charge in [-0.1, -0.05) is 107 Å². The largest absolute Gasteiger partial charge is 0.512 e. The number of fused-ring (bicyclic) bond motifs is 5. The summed E-state index contributed by atoms with van der Waals surface area (Å²) in [6.07, 6.45) is 4.92.